The van der Waals surface area contributed by atoms with Crippen molar-refractivity contribution in [3.05, 3.63) is 28.7 Å². The summed E-state index contributed by atoms with van der Waals surface area (Å²) in [4.78, 5) is 13.8. The number of rotatable bonds is 6. The first-order chi connectivity index (χ1) is 9.16. The van der Waals surface area contributed by atoms with E-state index in [9.17, 15) is 4.79 Å². The van der Waals surface area contributed by atoms with E-state index in [1.807, 2.05) is 19.5 Å². The lowest BCUT2D eigenvalue weighted by atomic mass is 10.1. The molecule has 0 bridgehead atoms. The van der Waals surface area contributed by atoms with Crippen molar-refractivity contribution in [2.75, 3.05) is 20.6 Å². The predicted molar refractivity (Wildman–Crippen MR) is 71.6 cm³/mol. The number of likely N-dealkylation sites (N-methyl/N-ethyl adjacent to an activating group) is 1. The summed E-state index contributed by atoms with van der Waals surface area (Å²) >= 11 is 1.65. The Morgan fingerprint density at radius 1 is 1.58 bits per heavy atom. The summed E-state index contributed by atoms with van der Waals surface area (Å²) in [6, 6.07) is 2.24. The summed E-state index contributed by atoms with van der Waals surface area (Å²) in [6.07, 6.45) is 1.42. The molecule has 0 fully saturated rings. The molecule has 102 valence electrons. The molecule has 1 N–H and O–H groups in total. The number of carbonyl (C=O) groups excluding carboxylic acids is 1. The highest BCUT2D eigenvalue weighted by Gasteiger charge is 2.15. The highest BCUT2D eigenvalue weighted by molar-refractivity contribution is 7.07. The van der Waals surface area contributed by atoms with Crippen LogP contribution >= 0.6 is 11.3 Å². The van der Waals surface area contributed by atoms with Crippen LogP contribution in [-0.2, 0) is 11.3 Å². The van der Waals surface area contributed by atoms with Gasteiger partial charge >= 0.3 is 0 Å². The number of hydrogen-bond acceptors (Lipinski definition) is 6. The van der Waals surface area contributed by atoms with E-state index in [1.165, 1.54) is 16.6 Å². The second-order valence-electron chi connectivity index (χ2n) is 4.35. The molecule has 19 heavy (non-hydrogen) atoms. The van der Waals surface area contributed by atoms with Crippen LogP contribution in [0.2, 0.25) is 0 Å². The highest BCUT2D eigenvalue weighted by Crippen LogP contribution is 2.19. The maximum absolute atomic E-state index is 11.8. The normalized spacial score (nSPS) is 12.6. The molecule has 8 heteroatoms. The van der Waals surface area contributed by atoms with Gasteiger partial charge < -0.3 is 10.2 Å². The third-order valence-electron chi connectivity index (χ3n) is 2.74. The Hall–Kier alpha value is -1.80. The van der Waals surface area contributed by atoms with E-state index in [-0.39, 0.29) is 18.5 Å². The Bertz CT molecular complexity index is 495. The Labute approximate surface area is 115 Å². The molecule has 0 saturated carbocycles. The number of aromatic nitrogens is 4. The van der Waals surface area contributed by atoms with E-state index < -0.39 is 0 Å². The van der Waals surface area contributed by atoms with Crippen molar-refractivity contribution in [3.8, 4) is 0 Å². The molecule has 7 nitrogen and oxygen atoms in total. The van der Waals surface area contributed by atoms with Crippen molar-refractivity contribution >= 4 is 17.2 Å². The molecule has 2 heterocycles. The fourth-order valence-corrected chi connectivity index (χ4v) is 2.44. The van der Waals surface area contributed by atoms with Gasteiger partial charge in [-0.05, 0) is 46.9 Å². The van der Waals surface area contributed by atoms with Gasteiger partial charge in [0.05, 0.1) is 6.04 Å². The van der Waals surface area contributed by atoms with E-state index in [2.05, 4.69) is 37.2 Å². The number of tetrazole rings is 1. The fourth-order valence-electron chi connectivity index (χ4n) is 1.73. The smallest absolute Gasteiger partial charge is 0.241 e. The molecule has 0 saturated heterocycles. The van der Waals surface area contributed by atoms with Crippen molar-refractivity contribution in [1.29, 1.82) is 0 Å². The number of nitrogens with zero attached hydrogens (tertiary/aromatic N) is 5. The molecule has 1 atom stereocenters. The van der Waals surface area contributed by atoms with Gasteiger partial charge in [0.1, 0.15) is 12.9 Å². The SMILES string of the molecule is CN(C)[C@H](CNC(=O)Cn1cnnn1)c1ccsc1. The average Bonchev–Trinajstić information content (AvgIpc) is 3.01. The van der Waals surface area contributed by atoms with Gasteiger partial charge in [-0.2, -0.15) is 11.3 Å². The summed E-state index contributed by atoms with van der Waals surface area (Å²) in [5.74, 6) is -0.102. The third kappa shape index (κ3) is 3.83. The quantitative estimate of drug-likeness (QED) is 0.815. The van der Waals surface area contributed by atoms with Crippen molar-refractivity contribution in [1.82, 2.24) is 30.4 Å². The zero-order chi connectivity index (χ0) is 13.7. The Morgan fingerprint density at radius 3 is 3.00 bits per heavy atom. The number of thiophene rings is 1. The molecule has 0 spiro atoms. The topological polar surface area (TPSA) is 75.9 Å². The van der Waals surface area contributed by atoms with Crippen LogP contribution in [0.4, 0.5) is 0 Å². The second kappa shape index (κ2) is 6.39. The van der Waals surface area contributed by atoms with Crippen molar-refractivity contribution in [2.45, 2.75) is 12.6 Å². The molecule has 2 rings (SSSR count). The number of amides is 1. The molecule has 0 radical (unpaired) electrons. The molecule has 0 aromatic carbocycles. The van der Waals surface area contributed by atoms with E-state index >= 15 is 0 Å². The van der Waals surface area contributed by atoms with Gasteiger partial charge in [-0.25, -0.2) is 4.68 Å². The van der Waals surface area contributed by atoms with Gasteiger partial charge in [0.15, 0.2) is 0 Å². The molecule has 2 aromatic rings. The van der Waals surface area contributed by atoms with Gasteiger partial charge in [-0.1, -0.05) is 0 Å². The minimum absolute atomic E-state index is 0.102. The molecular weight excluding hydrogens is 264 g/mol. The fraction of sp³-hybridized carbons (Fsp3) is 0.455. The summed E-state index contributed by atoms with van der Waals surface area (Å²) in [5.41, 5.74) is 1.21. The zero-order valence-corrected chi connectivity index (χ0v) is 11.7. The van der Waals surface area contributed by atoms with E-state index in [0.717, 1.165) is 0 Å². The van der Waals surface area contributed by atoms with E-state index in [4.69, 9.17) is 0 Å². The Morgan fingerprint density at radius 2 is 2.42 bits per heavy atom. The monoisotopic (exact) mass is 280 g/mol. The number of hydrogen-bond donors (Lipinski definition) is 1. The first-order valence-corrected chi connectivity index (χ1v) is 6.77. The van der Waals surface area contributed by atoms with E-state index in [1.54, 1.807) is 11.3 Å². The minimum atomic E-state index is -0.102. The average molecular weight is 280 g/mol. The maximum atomic E-state index is 11.8. The van der Waals surface area contributed by atoms with Crippen LogP contribution in [0.25, 0.3) is 0 Å². The lowest BCUT2D eigenvalue weighted by molar-refractivity contribution is -0.122. The van der Waals surface area contributed by atoms with E-state index in [0.29, 0.717) is 6.54 Å². The summed E-state index contributed by atoms with van der Waals surface area (Å²) in [6.45, 7) is 0.696. The zero-order valence-electron chi connectivity index (χ0n) is 10.9. The molecule has 0 unspecified atom stereocenters. The third-order valence-corrected chi connectivity index (χ3v) is 3.44. The maximum Gasteiger partial charge on any atom is 0.241 e. The molecule has 0 aliphatic heterocycles. The van der Waals surface area contributed by atoms with Crippen LogP contribution in [0.5, 0.6) is 0 Å². The second-order valence-corrected chi connectivity index (χ2v) is 5.13. The van der Waals surface area contributed by atoms with Gasteiger partial charge in [-0.3, -0.25) is 4.79 Å². The Kier molecular flexibility index (Phi) is 4.58. The van der Waals surface area contributed by atoms with Gasteiger partial charge in [-0.15, -0.1) is 5.10 Å². The molecule has 0 aliphatic carbocycles. The summed E-state index contributed by atoms with van der Waals surface area (Å²) in [5, 5.41) is 17.7. The number of carbonyl (C=O) groups is 1. The largest absolute Gasteiger partial charge is 0.353 e. The van der Waals surface area contributed by atoms with Gasteiger partial charge in [0, 0.05) is 6.54 Å². The van der Waals surface area contributed by atoms with Crippen LogP contribution in [0.3, 0.4) is 0 Å². The van der Waals surface area contributed by atoms with Crippen molar-refractivity contribution < 1.29 is 4.79 Å². The van der Waals surface area contributed by atoms with Crippen LogP contribution in [0.1, 0.15) is 11.6 Å². The molecule has 1 amide bonds. The predicted octanol–water partition coefficient (Wildman–Crippen LogP) is 0.154. The first kappa shape index (κ1) is 13.6. The Balaban J connectivity index is 1.87. The van der Waals surface area contributed by atoms with Gasteiger partial charge in [0.2, 0.25) is 5.91 Å². The molecular formula is C11H16N6OS. The van der Waals surface area contributed by atoms with Crippen LogP contribution in [0, 0.1) is 0 Å². The standard InChI is InChI=1S/C11H16N6OS/c1-16(2)10(9-3-4-19-7-9)5-12-11(18)6-17-8-13-14-15-17/h3-4,7-8,10H,5-6H2,1-2H3,(H,12,18)/t10-/m1/s1. The van der Waals surface area contributed by atoms with Crippen LogP contribution in [-0.4, -0.2) is 51.7 Å². The van der Waals surface area contributed by atoms with Crippen LogP contribution < -0.4 is 5.32 Å². The number of nitrogens with one attached hydrogen (secondary N) is 1. The van der Waals surface area contributed by atoms with Crippen molar-refractivity contribution in [2.24, 2.45) is 0 Å². The lowest BCUT2D eigenvalue weighted by Crippen LogP contribution is -2.36. The lowest BCUT2D eigenvalue weighted by Gasteiger charge is -2.23. The van der Waals surface area contributed by atoms with Crippen LogP contribution in [0.15, 0.2) is 23.2 Å². The first-order valence-electron chi connectivity index (χ1n) is 5.83. The summed E-state index contributed by atoms with van der Waals surface area (Å²) < 4.78 is 1.39. The van der Waals surface area contributed by atoms with Gasteiger partial charge in [0.25, 0.3) is 0 Å². The van der Waals surface area contributed by atoms with Crippen molar-refractivity contribution in [3.63, 3.8) is 0 Å². The molecule has 2 aromatic heterocycles. The minimum Gasteiger partial charge on any atom is -0.353 e. The highest BCUT2D eigenvalue weighted by atomic mass is 32.1. The summed E-state index contributed by atoms with van der Waals surface area (Å²) in [7, 11) is 3.99. The molecule has 0 aliphatic rings.